The molecule has 4 nitrogen and oxygen atoms in total. The molecule has 94 valence electrons. The normalized spacial score (nSPS) is 10.4. The maximum Gasteiger partial charge on any atom is 0.321 e. The number of likely N-dealkylation sites (N-methyl/N-ethyl adjacent to an activating group) is 1. The molecular weight excluding hydrogens is 216 g/mol. The summed E-state index contributed by atoms with van der Waals surface area (Å²) in [6.45, 7) is 4.52. The average molecular weight is 236 g/mol. The molecule has 0 atom stereocenters. The first kappa shape index (κ1) is 13.5. The molecule has 0 fully saturated rings. The maximum atomic E-state index is 11.7. The van der Waals surface area contributed by atoms with E-state index in [1.807, 2.05) is 24.3 Å². The van der Waals surface area contributed by atoms with Gasteiger partial charge in [-0.15, -0.1) is 0 Å². The molecule has 0 aliphatic heterocycles. The summed E-state index contributed by atoms with van der Waals surface area (Å²) < 4.78 is 0. The lowest BCUT2D eigenvalue weighted by atomic mass is 10.0. The number of nitrogens with zero attached hydrogens (tertiary/aromatic N) is 1. The Kier molecular flexibility index (Phi) is 4.97. The first-order valence-electron chi connectivity index (χ1n) is 5.77. The van der Waals surface area contributed by atoms with E-state index >= 15 is 0 Å². The Morgan fingerprint density at radius 1 is 1.47 bits per heavy atom. The number of amides is 2. The van der Waals surface area contributed by atoms with Gasteiger partial charge >= 0.3 is 6.03 Å². The van der Waals surface area contributed by atoms with Crippen LogP contribution >= 0.6 is 0 Å². The van der Waals surface area contributed by atoms with E-state index in [1.54, 1.807) is 7.05 Å². The van der Waals surface area contributed by atoms with Gasteiger partial charge in [0.15, 0.2) is 0 Å². The van der Waals surface area contributed by atoms with Crippen molar-refractivity contribution < 1.29 is 9.90 Å². The standard InChI is InChI=1S/C13H20N2O2/c1-10(2)11-5-4-6-12(9-11)14-13(17)15(3)7-8-16/h4-6,9-10,16H,7-8H2,1-3H3,(H,14,17). The highest BCUT2D eigenvalue weighted by Crippen LogP contribution is 2.18. The lowest BCUT2D eigenvalue weighted by molar-refractivity contribution is 0.202. The van der Waals surface area contributed by atoms with Crippen LogP contribution < -0.4 is 5.32 Å². The number of benzene rings is 1. The molecular formula is C13H20N2O2. The highest BCUT2D eigenvalue weighted by molar-refractivity contribution is 5.89. The highest BCUT2D eigenvalue weighted by atomic mass is 16.3. The first-order valence-corrected chi connectivity index (χ1v) is 5.77. The van der Waals surface area contributed by atoms with Crippen molar-refractivity contribution in [2.24, 2.45) is 0 Å². The van der Waals surface area contributed by atoms with Crippen LogP contribution in [0.1, 0.15) is 25.3 Å². The van der Waals surface area contributed by atoms with Gasteiger partial charge in [0.1, 0.15) is 0 Å². The first-order chi connectivity index (χ1) is 8.04. The van der Waals surface area contributed by atoms with E-state index in [2.05, 4.69) is 19.2 Å². The minimum Gasteiger partial charge on any atom is -0.395 e. The largest absolute Gasteiger partial charge is 0.395 e. The number of carbonyl (C=O) groups excluding carboxylic acids is 1. The molecule has 2 amide bonds. The Hall–Kier alpha value is -1.55. The number of nitrogens with one attached hydrogen (secondary N) is 1. The van der Waals surface area contributed by atoms with Crippen molar-refractivity contribution in [3.63, 3.8) is 0 Å². The van der Waals surface area contributed by atoms with Gasteiger partial charge < -0.3 is 15.3 Å². The minimum atomic E-state index is -0.208. The summed E-state index contributed by atoms with van der Waals surface area (Å²) in [7, 11) is 1.65. The molecule has 0 unspecified atom stereocenters. The number of anilines is 1. The molecule has 1 rings (SSSR count). The number of rotatable bonds is 4. The van der Waals surface area contributed by atoms with E-state index in [9.17, 15) is 4.79 Å². The van der Waals surface area contributed by atoms with Crippen molar-refractivity contribution in [2.75, 3.05) is 25.5 Å². The van der Waals surface area contributed by atoms with Gasteiger partial charge in [-0.2, -0.15) is 0 Å². The van der Waals surface area contributed by atoms with E-state index < -0.39 is 0 Å². The monoisotopic (exact) mass is 236 g/mol. The second kappa shape index (κ2) is 6.25. The van der Waals surface area contributed by atoms with Crippen LogP contribution in [0.3, 0.4) is 0 Å². The average Bonchev–Trinajstić information content (AvgIpc) is 2.29. The summed E-state index contributed by atoms with van der Waals surface area (Å²) >= 11 is 0. The predicted molar refractivity (Wildman–Crippen MR) is 69.3 cm³/mol. The van der Waals surface area contributed by atoms with Gasteiger partial charge in [-0.05, 0) is 23.6 Å². The van der Waals surface area contributed by atoms with E-state index in [1.165, 1.54) is 10.5 Å². The Labute approximate surface area is 102 Å². The predicted octanol–water partition coefficient (Wildman–Crippen LogP) is 2.27. The number of urea groups is 1. The zero-order chi connectivity index (χ0) is 12.8. The fourth-order valence-corrected chi connectivity index (χ4v) is 1.45. The molecule has 0 aromatic heterocycles. The molecule has 0 bridgehead atoms. The maximum absolute atomic E-state index is 11.7. The Balaban J connectivity index is 2.68. The minimum absolute atomic E-state index is 0.0318. The summed E-state index contributed by atoms with van der Waals surface area (Å²) in [5.41, 5.74) is 1.97. The van der Waals surface area contributed by atoms with Gasteiger partial charge in [-0.1, -0.05) is 26.0 Å². The summed E-state index contributed by atoms with van der Waals surface area (Å²) in [4.78, 5) is 13.1. The zero-order valence-corrected chi connectivity index (χ0v) is 10.6. The van der Waals surface area contributed by atoms with Gasteiger partial charge in [-0.3, -0.25) is 0 Å². The highest BCUT2D eigenvalue weighted by Gasteiger charge is 2.08. The third kappa shape index (κ3) is 4.07. The summed E-state index contributed by atoms with van der Waals surface area (Å²) in [5.74, 6) is 0.432. The number of hydrogen-bond acceptors (Lipinski definition) is 2. The number of aliphatic hydroxyl groups is 1. The molecule has 0 saturated heterocycles. The number of carbonyl (C=O) groups is 1. The van der Waals surface area contributed by atoms with Crippen molar-refractivity contribution in [1.82, 2.24) is 4.90 Å². The SMILES string of the molecule is CC(C)c1cccc(NC(=O)N(C)CCO)c1. The molecule has 0 radical (unpaired) electrons. The van der Waals surface area contributed by atoms with Crippen LogP contribution in [0.15, 0.2) is 24.3 Å². The zero-order valence-electron chi connectivity index (χ0n) is 10.6. The van der Waals surface area contributed by atoms with E-state index in [-0.39, 0.29) is 12.6 Å². The van der Waals surface area contributed by atoms with Crippen LogP contribution in [0.5, 0.6) is 0 Å². The fraction of sp³-hybridized carbons (Fsp3) is 0.462. The molecule has 1 aromatic rings. The number of hydrogen-bond donors (Lipinski definition) is 2. The van der Waals surface area contributed by atoms with E-state index in [4.69, 9.17) is 5.11 Å². The molecule has 0 aliphatic rings. The van der Waals surface area contributed by atoms with Crippen LogP contribution in [0.4, 0.5) is 10.5 Å². The quantitative estimate of drug-likeness (QED) is 0.842. The van der Waals surface area contributed by atoms with Crippen molar-refractivity contribution in [2.45, 2.75) is 19.8 Å². The summed E-state index contributed by atoms with van der Waals surface area (Å²) in [5, 5.41) is 11.5. The Morgan fingerprint density at radius 3 is 2.76 bits per heavy atom. The van der Waals surface area contributed by atoms with Gasteiger partial charge in [0.2, 0.25) is 0 Å². The third-order valence-electron chi connectivity index (χ3n) is 2.59. The van der Waals surface area contributed by atoms with Gasteiger partial charge in [0.05, 0.1) is 6.61 Å². The third-order valence-corrected chi connectivity index (χ3v) is 2.59. The second-order valence-corrected chi connectivity index (χ2v) is 4.36. The van der Waals surface area contributed by atoms with Crippen LogP contribution in [0.25, 0.3) is 0 Å². The second-order valence-electron chi connectivity index (χ2n) is 4.36. The Bertz CT molecular complexity index is 377. The van der Waals surface area contributed by atoms with Crippen molar-refractivity contribution in [1.29, 1.82) is 0 Å². The molecule has 0 saturated carbocycles. The molecule has 0 aliphatic carbocycles. The summed E-state index contributed by atoms with van der Waals surface area (Å²) in [6, 6.07) is 7.58. The van der Waals surface area contributed by atoms with Gasteiger partial charge in [0, 0.05) is 19.3 Å². The lowest BCUT2D eigenvalue weighted by Gasteiger charge is -2.17. The van der Waals surface area contributed by atoms with Crippen molar-refractivity contribution >= 4 is 11.7 Å². The molecule has 0 heterocycles. The van der Waals surface area contributed by atoms with Crippen LogP contribution in [0.2, 0.25) is 0 Å². The van der Waals surface area contributed by atoms with Crippen LogP contribution in [-0.4, -0.2) is 36.2 Å². The molecule has 17 heavy (non-hydrogen) atoms. The smallest absolute Gasteiger partial charge is 0.321 e. The van der Waals surface area contributed by atoms with Gasteiger partial charge in [-0.25, -0.2) is 4.79 Å². The Morgan fingerprint density at radius 2 is 2.18 bits per heavy atom. The van der Waals surface area contributed by atoms with Crippen molar-refractivity contribution in [3.8, 4) is 0 Å². The van der Waals surface area contributed by atoms with Crippen molar-refractivity contribution in [3.05, 3.63) is 29.8 Å². The lowest BCUT2D eigenvalue weighted by Crippen LogP contribution is -2.33. The van der Waals surface area contributed by atoms with E-state index in [0.717, 1.165) is 5.69 Å². The summed E-state index contributed by atoms with van der Waals surface area (Å²) in [6.07, 6.45) is 0. The topological polar surface area (TPSA) is 52.6 Å². The fourth-order valence-electron chi connectivity index (χ4n) is 1.45. The molecule has 4 heteroatoms. The van der Waals surface area contributed by atoms with E-state index in [0.29, 0.717) is 12.5 Å². The molecule has 2 N–H and O–H groups in total. The molecule has 1 aromatic carbocycles. The molecule has 0 spiro atoms. The van der Waals surface area contributed by atoms with Crippen LogP contribution in [-0.2, 0) is 0 Å². The number of aliphatic hydroxyl groups excluding tert-OH is 1. The van der Waals surface area contributed by atoms with Crippen LogP contribution in [0, 0.1) is 0 Å². The van der Waals surface area contributed by atoms with Gasteiger partial charge in [0.25, 0.3) is 0 Å².